The number of nitrogens with one attached hydrogen (secondary N) is 1. The van der Waals surface area contributed by atoms with Gasteiger partial charge in [-0.2, -0.15) is 4.68 Å². The van der Waals surface area contributed by atoms with E-state index in [9.17, 15) is 9.59 Å². The Morgan fingerprint density at radius 1 is 0.731 bits per heavy atom. The van der Waals surface area contributed by atoms with Crippen molar-refractivity contribution >= 4 is 28.5 Å². The van der Waals surface area contributed by atoms with Crippen molar-refractivity contribution in [1.82, 2.24) is 9.78 Å². The first-order valence-corrected chi connectivity index (χ1v) is 8.18. The molecule has 0 fully saturated rings. The molecule has 0 aliphatic heterocycles. The average molecular weight is 341 g/mol. The number of fused-ring (bicyclic) bond motifs is 1. The van der Waals surface area contributed by atoms with Crippen LogP contribution >= 0.6 is 0 Å². The summed E-state index contributed by atoms with van der Waals surface area (Å²) in [6.45, 7) is 0. The number of anilines is 1. The van der Waals surface area contributed by atoms with Crippen LogP contribution in [0.25, 0.3) is 10.9 Å². The predicted octanol–water partition coefficient (Wildman–Crippen LogP) is 3.98. The fourth-order valence-electron chi connectivity index (χ4n) is 2.79. The topological polar surface area (TPSA) is 64.0 Å². The standard InChI is InChI=1S/C21H15N3O2/c25-20(15-9-3-1-4-10-15)22-19-17-13-7-8-14-18(17)24(23-19)21(26)16-11-5-2-6-12-16/h1-14H,(H,22,23,25). The molecule has 1 heterocycles. The molecule has 0 aliphatic rings. The largest absolute Gasteiger partial charge is 0.305 e. The highest BCUT2D eigenvalue weighted by atomic mass is 16.2. The molecule has 0 atom stereocenters. The highest BCUT2D eigenvalue weighted by Gasteiger charge is 2.18. The molecule has 5 heteroatoms. The summed E-state index contributed by atoms with van der Waals surface area (Å²) in [4.78, 5) is 25.3. The first kappa shape index (κ1) is 15.8. The molecule has 0 saturated heterocycles. The van der Waals surface area contributed by atoms with E-state index >= 15 is 0 Å². The first-order chi connectivity index (χ1) is 12.7. The summed E-state index contributed by atoms with van der Waals surface area (Å²) in [6.07, 6.45) is 0. The van der Waals surface area contributed by atoms with Gasteiger partial charge in [0.2, 0.25) is 0 Å². The summed E-state index contributed by atoms with van der Waals surface area (Å²) in [5, 5.41) is 7.88. The van der Waals surface area contributed by atoms with Crippen LogP contribution < -0.4 is 5.32 Å². The molecule has 26 heavy (non-hydrogen) atoms. The van der Waals surface area contributed by atoms with E-state index in [0.717, 1.165) is 0 Å². The number of hydrogen-bond donors (Lipinski definition) is 1. The molecule has 0 saturated carbocycles. The van der Waals surface area contributed by atoms with E-state index in [4.69, 9.17) is 0 Å². The fourth-order valence-corrected chi connectivity index (χ4v) is 2.79. The van der Waals surface area contributed by atoms with Crippen LogP contribution in [0.15, 0.2) is 84.9 Å². The third kappa shape index (κ3) is 2.86. The highest BCUT2D eigenvalue weighted by molar-refractivity contribution is 6.10. The van der Waals surface area contributed by atoms with Crippen molar-refractivity contribution in [1.29, 1.82) is 0 Å². The van der Waals surface area contributed by atoms with Crippen molar-refractivity contribution in [2.75, 3.05) is 5.32 Å². The Balaban J connectivity index is 1.75. The van der Waals surface area contributed by atoms with Gasteiger partial charge in [-0.05, 0) is 36.4 Å². The van der Waals surface area contributed by atoms with E-state index in [1.54, 1.807) is 54.6 Å². The molecular formula is C21H15N3O2. The lowest BCUT2D eigenvalue weighted by atomic mass is 10.2. The Kier molecular flexibility index (Phi) is 4.03. The number of carbonyl (C=O) groups is 2. The molecule has 0 bridgehead atoms. The SMILES string of the molecule is O=C(Nc1nn(C(=O)c2ccccc2)c2ccccc12)c1ccccc1. The van der Waals surface area contributed by atoms with E-state index in [1.165, 1.54) is 4.68 Å². The lowest BCUT2D eigenvalue weighted by Crippen LogP contribution is -2.15. The molecular weight excluding hydrogens is 326 g/mol. The third-order valence-electron chi connectivity index (χ3n) is 4.07. The smallest absolute Gasteiger partial charge is 0.278 e. The van der Waals surface area contributed by atoms with Gasteiger partial charge in [0.05, 0.1) is 5.52 Å². The Morgan fingerprint density at radius 3 is 2.00 bits per heavy atom. The van der Waals surface area contributed by atoms with Crippen molar-refractivity contribution in [3.05, 3.63) is 96.1 Å². The van der Waals surface area contributed by atoms with Gasteiger partial charge >= 0.3 is 0 Å². The minimum atomic E-state index is -0.270. The van der Waals surface area contributed by atoms with Gasteiger partial charge in [0.15, 0.2) is 5.82 Å². The maximum Gasteiger partial charge on any atom is 0.278 e. The van der Waals surface area contributed by atoms with Gasteiger partial charge in [0.25, 0.3) is 11.8 Å². The summed E-state index contributed by atoms with van der Waals surface area (Å²) in [5.74, 6) is -0.158. The van der Waals surface area contributed by atoms with Gasteiger partial charge in [-0.3, -0.25) is 9.59 Å². The molecule has 0 spiro atoms. The molecule has 1 aromatic heterocycles. The molecule has 4 rings (SSSR count). The number of rotatable bonds is 3. The van der Waals surface area contributed by atoms with Crippen LogP contribution in [0.2, 0.25) is 0 Å². The van der Waals surface area contributed by atoms with Gasteiger partial charge in [0, 0.05) is 16.5 Å². The van der Waals surface area contributed by atoms with Gasteiger partial charge < -0.3 is 5.32 Å². The molecule has 0 aliphatic carbocycles. The van der Waals surface area contributed by atoms with Crippen molar-refractivity contribution < 1.29 is 9.59 Å². The quantitative estimate of drug-likeness (QED) is 0.613. The Hall–Kier alpha value is -3.73. The molecule has 0 radical (unpaired) electrons. The summed E-state index contributed by atoms with van der Waals surface area (Å²) in [6, 6.07) is 25.1. The molecule has 126 valence electrons. The van der Waals surface area contributed by atoms with E-state index < -0.39 is 0 Å². The minimum Gasteiger partial charge on any atom is -0.305 e. The maximum absolute atomic E-state index is 12.8. The number of amides is 1. The number of carbonyl (C=O) groups excluding carboxylic acids is 2. The predicted molar refractivity (Wildman–Crippen MR) is 100 cm³/mol. The second kappa shape index (κ2) is 6.64. The lowest BCUT2D eigenvalue weighted by Gasteiger charge is -2.02. The zero-order chi connectivity index (χ0) is 17.9. The normalized spacial score (nSPS) is 10.6. The summed E-state index contributed by atoms with van der Waals surface area (Å²) >= 11 is 0. The summed E-state index contributed by atoms with van der Waals surface area (Å²) in [5.41, 5.74) is 1.70. The van der Waals surface area contributed by atoms with Crippen LogP contribution in [0, 0.1) is 0 Å². The average Bonchev–Trinajstić information content (AvgIpc) is 3.07. The number of para-hydroxylation sites is 1. The number of benzene rings is 3. The lowest BCUT2D eigenvalue weighted by molar-refractivity contribution is 0.0948. The van der Waals surface area contributed by atoms with Crippen LogP contribution in [0.4, 0.5) is 5.82 Å². The Morgan fingerprint density at radius 2 is 1.31 bits per heavy atom. The molecule has 1 N–H and O–H groups in total. The maximum atomic E-state index is 12.8. The van der Waals surface area contributed by atoms with Crippen molar-refractivity contribution in [2.24, 2.45) is 0 Å². The molecule has 3 aromatic carbocycles. The van der Waals surface area contributed by atoms with Crippen molar-refractivity contribution in [2.45, 2.75) is 0 Å². The van der Waals surface area contributed by atoms with Crippen LogP contribution in [0.3, 0.4) is 0 Å². The molecule has 0 unspecified atom stereocenters. The molecule has 5 nitrogen and oxygen atoms in total. The summed E-state index contributed by atoms with van der Waals surface area (Å²) in [7, 11) is 0. The van der Waals surface area contributed by atoms with E-state index in [2.05, 4.69) is 10.4 Å². The van der Waals surface area contributed by atoms with Gasteiger partial charge in [-0.25, -0.2) is 0 Å². The van der Waals surface area contributed by atoms with Crippen molar-refractivity contribution in [3.8, 4) is 0 Å². The van der Waals surface area contributed by atoms with Crippen LogP contribution in [-0.2, 0) is 0 Å². The number of hydrogen-bond acceptors (Lipinski definition) is 3. The molecule has 1 amide bonds. The Labute approximate surface area is 149 Å². The van der Waals surface area contributed by atoms with Gasteiger partial charge in [0.1, 0.15) is 0 Å². The van der Waals surface area contributed by atoms with Crippen LogP contribution in [0.1, 0.15) is 20.7 Å². The van der Waals surface area contributed by atoms with Gasteiger partial charge in [-0.15, -0.1) is 5.10 Å². The monoisotopic (exact) mass is 341 g/mol. The Bertz CT molecular complexity index is 1090. The number of aromatic nitrogens is 2. The summed E-state index contributed by atoms with van der Waals surface area (Å²) < 4.78 is 1.32. The third-order valence-corrected chi connectivity index (χ3v) is 4.07. The van der Waals surface area contributed by atoms with Crippen LogP contribution in [-0.4, -0.2) is 21.6 Å². The second-order valence-corrected chi connectivity index (χ2v) is 5.77. The van der Waals surface area contributed by atoms with E-state index in [-0.39, 0.29) is 11.8 Å². The zero-order valence-corrected chi connectivity index (χ0v) is 13.8. The zero-order valence-electron chi connectivity index (χ0n) is 13.8. The van der Waals surface area contributed by atoms with Crippen LogP contribution in [0.5, 0.6) is 0 Å². The van der Waals surface area contributed by atoms with E-state index in [0.29, 0.717) is 27.8 Å². The second-order valence-electron chi connectivity index (χ2n) is 5.77. The molecule has 4 aromatic rings. The minimum absolute atomic E-state index is 0.248. The van der Waals surface area contributed by atoms with Gasteiger partial charge in [-0.1, -0.05) is 48.5 Å². The van der Waals surface area contributed by atoms with E-state index in [1.807, 2.05) is 30.3 Å². The fraction of sp³-hybridized carbons (Fsp3) is 0. The van der Waals surface area contributed by atoms with Crippen molar-refractivity contribution in [3.63, 3.8) is 0 Å². The number of nitrogens with zero attached hydrogens (tertiary/aromatic N) is 2. The highest BCUT2D eigenvalue weighted by Crippen LogP contribution is 2.24. The first-order valence-electron chi connectivity index (χ1n) is 8.18.